The van der Waals surface area contributed by atoms with Gasteiger partial charge < -0.3 is 15.4 Å². The number of carbonyl (C=O) groups is 1. The Morgan fingerprint density at radius 3 is 2.33 bits per heavy atom. The van der Waals surface area contributed by atoms with E-state index in [1.807, 2.05) is 24.3 Å². The number of anilines is 2. The molecule has 2 heterocycles. The van der Waals surface area contributed by atoms with Crippen molar-refractivity contribution < 1.29 is 9.53 Å². The van der Waals surface area contributed by atoms with Crippen molar-refractivity contribution >= 4 is 17.4 Å². The molecule has 150 valence electrons. The molecular formula is C22H20N6O2. The summed E-state index contributed by atoms with van der Waals surface area (Å²) in [6.45, 7) is 2.09. The van der Waals surface area contributed by atoms with Crippen LogP contribution in [0.25, 0.3) is 5.82 Å². The van der Waals surface area contributed by atoms with Crippen LogP contribution < -0.4 is 15.4 Å². The molecule has 0 aliphatic heterocycles. The zero-order valence-corrected chi connectivity index (χ0v) is 16.3. The standard InChI is InChI=1S/C22H20N6O2/c1-2-16-3-5-17(6-4-16)26-22(29)27-18-7-9-19(10-8-18)30-21-13-20(24-14-25-21)28-12-11-23-15-28/h3-15H,2H2,1H3,(H2,26,27,29). The second-order valence-corrected chi connectivity index (χ2v) is 6.44. The molecule has 4 aromatic rings. The van der Waals surface area contributed by atoms with Crippen LogP contribution in [0.3, 0.4) is 0 Å². The van der Waals surface area contributed by atoms with Gasteiger partial charge in [-0.25, -0.2) is 19.7 Å². The summed E-state index contributed by atoms with van der Waals surface area (Å²) in [5.74, 6) is 1.65. The van der Waals surface area contributed by atoms with Gasteiger partial charge in [-0.15, -0.1) is 0 Å². The highest BCUT2D eigenvalue weighted by Crippen LogP contribution is 2.22. The zero-order chi connectivity index (χ0) is 20.8. The van der Waals surface area contributed by atoms with E-state index >= 15 is 0 Å². The Bertz CT molecular complexity index is 1110. The average Bonchev–Trinajstić information content (AvgIpc) is 3.31. The van der Waals surface area contributed by atoms with Crippen molar-refractivity contribution in [3.05, 3.63) is 85.2 Å². The zero-order valence-electron chi connectivity index (χ0n) is 16.3. The number of nitrogens with zero attached hydrogens (tertiary/aromatic N) is 4. The minimum absolute atomic E-state index is 0.311. The lowest BCUT2D eigenvalue weighted by Crippen LogP contribution is -2.19. The molecule has 0 saturated heterocycles. The number of ether oxygens (including phenoxy) is 1. The molecule has 8 nitrogen and oxygen atoms in total. The van der Waals surface area contributed by atoms with E-state index in [2.05, 4.69) is 32.5 Å². The number of benzene rings is 2. The molecular weight excluding hydrogens is 380 g/mol. The Labute approximate surface area is 173 Å². The topological polar surface area (TPSA) is 94.0 Å². The predicted octanol–water partition coefficient (Wildman–Crippen LogP) is 4.66. The van der Waals surface area contributed by atoms with Crippen molar-refractivity contribution in [2.24, 2.45) is 0 Å². The van der Waals surface area contributed by atoms with Crippen LogP contribution in [0.2, 0.25) is 0 Å². The number of carbonyl (C=O) groups excluding carboxylic acids is 1. The summed E-state index contributed by atoms with van der Waals surface area (Å²) >= 11 is 0. The fraction of sp³-hybridized carbons (Fsp3) is 0.0909. The average molecular weight is 400 g/mol. The van der Waals surface area contributed by atoms with E-state index in [0.717, 1.165) is 12.1 Å². The second kappa shape index (κ2) is 8.87. The van der Waals surface area contributed by atoms with Crippen molar-refractivity contribution in [3.8, 4) is 17.4 Å². The van der Waals surface area contributed by atoms with Gasteiger partial charge in [-0.2, -0.15) is 0 Å². The van der Waals surface area contributed by atoms with E-state index in [9.17, 15) is 4.79 Å². The van der Waals surface area contributed by atoms with E-state index in [1.54, 1.807) is 53.6 Å². The van der Waals surface area contributed by atoms with Crippen LogP contribution in [0.1, 0.15) is 12.5 Å². The summed E-state index contributed by atoms with van der Waals surface area (Å²) in [7, 11) is 0. The summed E-state index contributed by atoms with van der Waals surface area (Å²) in [4.78, 5) is 24.5. The van der Waals surface area contributed by atoms with Gasteiger partial charge in [-0.05, 0) is 48.4 Å². The minimum atomic E-state index is -0.311. The molecule has 0 unspecified atom stereocenters. The number of hydrogen-bond acceptors (Lipinski definition) is 5. The lowest BCUT2D eigenvalue weighted by Gasteiger charge is -2.10. The maximum absolute atomic E-state index is 12.2. The normalized spacial score (nSPS) is 10.4. The molecule has 0 bridgehead atoms. The van der Waals surface area contributed by atoms with Crippen molar-refractivity contribution in [2.45, 2.75) is 13.3 Å². The smallest absolute Gasteiger partial charge is 0.323 e. The summed E-state index contributed by atoms with van der Waals surface area (Å²) < 4.78 is 7.54. The van der Waals surface area contributed by atoms with Gasteiger partial charge >= 0.3 is 6.03 Å². The highest BCUT2D eigenvalue weighted by molar-refractivity contribution is 5.99. The number of imidazole rings is 1. The van der Waals surface area contributed by atoms with Crippen LogP contribution in [0.5, 0.6) is 11.6 Å². The molecule has 0 spiro atoms. The molecule has 0 fully saturated rings. The molecule has 2 amide bonds. The van der Waals surface area contributed by atoms with Crippen LogP contribution in [-0.2, 0) is 6.42 Å². The SMILES string of the molecule is CCc1ccc(NC(=O)Nc2ccc(Oc3cc(-n4ccnc4)ncn3)cc2)cc1. The van der Waals surface area contributed by atoms with Crippen LogP contribution in [0, 0.1) is 0 Å². The predicted molar refractivity (Wildman–Crippen MR) is 114 cm³/mol. The van der Waals surface area contributed by atoms with E-state index in [-0.39, 0.29) is 6.03 Å². The third kappa shape index (κ3) is 4.79. The maximum Gasteiger partial charge on any atom is 0.323 e. The highest BCUT2D eigenvalue weighted by atomic mass is 16.5. The highest BCUT2D eigenvalue weighted by Gasteiger charge is 2.06. The number of aryl methyl sites for hydroxylation is 1. The first-order chi connectivity index (χ1) is 14.7. The molecule has 2 N–H and O–H groups in total. The maximum atomic E-state index is 12.2. The minimum Gasteiger partial charge on any atom is -0.439 e. The lowest BCUT2D eigenvalue weighted by atomic mass is 10.1. The van der Waals surface area contributed by atoms with Crippen molar-refractivity contribution in [3.63, 3.8) is 0 Å². The van der Waals surface area contributed by atoms with Crippen molar-refractivity contribution in [1.29, 1.82) is 0 Å². The van der Waals surface area contributed by atoms with E-state index in [4.69, 9.17) is 4.74 Å². The lowest BCUT2D eigenvalue weighted by molar-refractivity contribution is 0.262. The first kappa shape index (κ1) is 19.1. The van der Waals surface area contributed by atoms with E-state index < -0.39 is 0 Å². The Morgan fingerprint density at radius 1 is 1.00 bits per heavy atom. The summed E-state index contributed by atoms with van der Waals surface area (Å²) in [5, 5.41) is 5.61. The molecule has 2 aromatic carbocycles. The van der Waals surface area contributed by atoms with Gasteiger partial charge in [0.1, 0.15) is 24.2 Å². The van der Waals surface area contributed by atoms with Gasteiger partial charge in [0.05, 0.1) is 0 Å². The molecule has 2 aromatic heterocycles. The Morgan fingerprint density at radius 2 is 1.70 bits per heavy atom. The first-order valence-electron chi connectivity index (χ1n) is 9.45. The van der Waals surface area contributed by atoms with Crippen LogP contribution in [0.4, 0.5) is 16.2 Å². The van der Waals surface area contributed by atoms with Gasteiger partial charge in [-0.3, -0.25) is 4.57 Å². The molecule has 0 radical (unpaired) electrons. The van der Waals surface area contributed by atoms with E-state index in [1.165, 1.54) is 11.9 Å². The van der Waals surface area contributed by atoms with Gasteiger partial charge in [0, 0.05) is 29.8 Å². The number of urea groups is 1. The number of amides is 2. The van der Waals surface area contributed by atoms with Gasteiger partial charge in [0.15, 0.2) is 0 Å². The van der Waals surface area contributed by atoms with E-state index in [0.29, 0.717) is 23.1 Å². The largest absolute Gasteiger partial charge is 0.439 e. The fourth-order valence-corrected chi connectivity index (χ4v) is 2.77. The Hall–Kier alpha value is -4.20. The molecule has 0 aliphatic rings. The number of nitrogens with one attached hydrogen (secondary N) is 2. The number of rotatable bonds is 6. The monoisotopic (exact) mass is 400 g/mol. The van der Waals surface area contributed by atoms with Gasteiger partial charge in [0.2, 0.25) is 5.88 Å². The molecule has 0 aliphatic carbocycles. The summed E-state index contributed by atoms with van der Waals surface area (Å²) in [5.41, 5.74) is 2.60. The second-order valence-electron chi connectivity index (χ2n) is 6.44. The first-order valence-corrected chi connectivity index (χ1v) is 9.45. The Balaban J connectivity index is 1.36. The van der Waals surface area contributed by atoms with Crippen molar-refractivity contribution in [2.75, 3.05) is 10.6 Å². The summed E-state index contributed by atoms with van der Waals surface area (Å²) in [6, 6.07) is 16.2. The van der Waals surface area contributed by atoms with Gasteiger partial charge in [0.25, 0.3) is 0 Å². The molecule has 8 heteroatoms. The molecule has 4 rings (SSSR count). The quantitative estimate of drug-likeness (QED) is 0.491. The molecule has 0 atom stereocenters. The Kier molecular flexibility index (Phi) is 5.66. The van der Waals surface area contributed by atoms with Crippen LogP contribution in [-0.4, -0.2) is 25.6 Å². The van der Waals surface area contributed by atoms with Crippen molar-refractivity contribution in [1.82, 2.24) is 19.5 Å². The van der Waals surface area contributed by atoms with Crippen LogP contribution >= 0.6 is 0 Å². The number of hydrogen-bond donors (Lipinski definition) is 2. The van der Waals surface area contributed by atoms with Crippen LogP contribution in [0.15, 0.2) is 79.6 Å². The molecule has 0 saturated carbocycles. The molecule has 30 heavy (non-hydrogen) atoms. The van der Waals surface area contributed by atoms with Gasteiger partial charge in [-0.1, -0.05) is 19.1 Å². The fourth-order valence-electron chi connectivity index (χ4n) is 2.77. The number of aromatic nitrogens is 4. The third-order valence-electron chi connectivity index (χ3n) is 4.35. The third-order valence-corrected chi connectivity index (χ3v) is 4.35. The summed E-state index contributed by atoms with van der Waals surface area (Å²) in [6.07, 6.45) is 7.50.